The first-order valence-electron chi connectivity index (χ1n) is 8.79. The molecule has 2 aromatic rings. The lowest BCUT2D eigenvalue weighted by Crippen LogP contribution is -2.58. The van der Waals surface area contributed by atoms with Crippen molar-refractivity contribution in [3.8, 4) is 0 Å². The van der Waals surface area contributed by atoms with Crippen LogP contribution in [0.25, 0.3) is 0 Å². The number of piperazine rings is 1. The molecule has 4 nitrogen and oxygen atoms in total. The molecule has 1 heterocycles. The number of hydrogen-bond donors (Lipinski definition) is 0. The number of anilines is 1. The predicted octanol–water partition coefficient (Wildman–Crippen LogP) is 3.19. The number of carbonyl (C=O) groups excluding carboxylic acids is 2. The predicted molar refractivity (Wildman–Crippen MR) is 99.5 cm³/mol. The van der Waals surface area contributed by atoms with E-state index in [1.54, 1.807) is 4.90 Å². The summed E-state index contributed by atoms with van der Waals surface area (Å²) in [7, 11) is 0. The first kappa shape index (κ1) is 17.2. The van der Waals surface area contributed by atoms with Gasteiger partial charge in [-0.15, -0.1) is 0 Å². The average molecular weight is 336 g/mol. The van der Waals surface area contributed by atoms with Gasteiger partial charge in [-0.3, -0.25) is 9.59 Å². The number of nitrogens with zero attached hydrogens (tertiary/aromatic N) is 2. The third-order valence-corrected chi connectivity index (χ3v) is 4.72. The van der Waals surface area contributed by atoms with Crippen molar-refractivity contribution in [2.24, 2.45) is 0 Å². The fraction of sp³-hybridized carbons (Fsp3) is 0.333. The highest BCUT2D eigenvalue weighted by atomic mass is 16.2. The molecule has 0 saturated carbocycles. The van der Waals surface area contributed by atoms with Crippen LogP contribution in [0.5, 0.6) is 0 Å². The van der Waals surface area contributed by atoms with Crippen LogP contribution in [0.4, 0.5) is 5.69 Å². The van der Waals surface area contributed by atoms with Gasteiger partial charge in [0.15, 0.2) is 0 Å². The Bertz CT molecular complexity index is 740. The van der Waals surface area contributed by atoms with Crippen molar-refractivity contribution < 1.29 is 9.59 Å². The number of aryl methyl sites for hydroxylation is 1. The zero-order chi connectivity index (χ0) is 17.8. The standard InChI is InChI=1S/C21H24N2O2/c1-3-20(24)23-15-21(25)22(18-11-9-16(2)10-12-18)14-19(23)13-17-7-5-4-6-8-17/h4-12,19H,3,13-15H2,1-2H3/t19-/m0/s1. The van der Waals surface area contributed by atoms with Crippen LogP contribution in [0.15, 0.2) is 54.6 Å². The Balaban J connectivity index is 1.86. The molecule has 1 atom stereocenters. The Morgan fingerprint density at radius 1 is 1.08 bits per heavy atom. The molecule has 1 aliphatic heterocycles. The van der Waals surface area contributed by atoms with Crippen molar-refractivity contribution in [2.45, 2.75) is 32.7 Å². The highest BCUT2D eigenvalue weighted by Crippen LogP contribution is 2.23. The quantitative estimate of drug-likeness (QED) is 0.860. The summed E-state index contributed by atoms with van der Waals surface area (Å²) in [6.07, 6.45) is 1.17. The molecule has 2 amide bonds. The minimum Gasteiger partial charge on any atom is -0.328 e. The molecule has 0 bridgehead atoms. The van der Waals surface area contributed by atoms with Gasteiger partial charge in [-0.25, -0.2) is 0 Å². The number of hydrogen-bond acceptors (Lipinski definition) is 2. The van der Waals surface area contributed by atoms with Crippen molar-refractivity contribution in [2.75, 3.05) is 18.0 Å². The molecule has 4 heteroatoms. The summed E-state index contributed by atoms with van der Waals surface area (Å²) in [6.45, 7) is 4.56. The summed E-state index contributed by atoms with van der Waals surface area (Å²) in [5, 5.41) is 0. The van der Waals surface area contributed by atoms with E-state index in [9.17, 15) is 9.59 Å². The monoisotopic (exact) mass is 336 g/mol. The first-order chi connectivity index (χ1) is 12.1. The van der Waals surface area contributed by atoms with Gasteiger partial charge in [0.05, 0.1) is 6.04 Å². The van der Waals surface area contributed by atoms with Crippen LogP contribution in [-0.2, 0) is 16.0 Å². The average Bonchev–Trinajstić information content (AvgIpc) is 2.64. The van der Waals surface area contributed by atoms with Gasteiger partial charge in [-0.05, 0) is 31.0 Å². The van der Waals surface area contributed by atoms with Gasteiger partial charge in [-0.2, -0.15) is 0 Å². The molecule has 0 radical (unpaired) electrons. The van der Waals surface area contributed by atoms with Crippen molar-refractivity contribution in [3.63, 3.8) is 0 Å². The molecular formula is C21H24N2O2. The zero-order valence-corrected chi connectivity index (χ0v) is 14.8. The molecular weight excluding hydrogens is 312 g/mol. The highest BCUT2D eigenvalue weighted by Gasteiger charge is 2.34. The van der Waals surface area contributed by atoms with Crippen LogP contribution in [0.3, 0.4) is 0 Å². The third-order valence-electron chi connectivity index (χ3n) is 4.72. The summed E-state index contributed by atoms with van der Waals surface area (Å²) in [4.78, 5) is 28.6. The first-order valence-corrected chi connectivity index (χ1v) is 8.79. The normalized spacial score (nSPS) is 17.7. The molecule has 0 unspecified atom stereocenters. The maximum Gasteiger partial charge on any atom is 0.246 e. The Hall–Kier alpha value is -2.62. The maximum atomic E-state index is 12.6. The second kappa shape index (κ2) is 7.51. The van der Waals surface area contributed by atoms with E-state index in [0.29, 0.717) is 13.0 Å². The highest BCUT2D eigenvalue weighted by molar-refractivity contribution is 5.98. The van der Waals surface area contributed by atoms with E-state index in [2.05, 4.69) is 12.1 Å². The molecule has 130 valence electrons. The molecule has 0 aromatic heterocycles. The van der Waals surface area contributed by atoms with Crippen molar-refractivity contribution in [1.82, 2.24) is 4.90 Å². The molecule has 0 N–H and O–H groups in total. The lowest BCUT2D eigenvalue weighted by molar-refractivity contribution is -0.139. The third kappa shape index (κ3) is 3.90. The van der Waals surface area contributed by atoms with Crippen LogP contribution in [0.1, 0.15) is 24.5 Å². The van der Waals surface area contributed by atoms with Gasteiger partial charge in [0.25, 0.3) is 0 Å². The number of amides is 2. The van der Waals surface area contributed by atoms with Crippen molar-refractivity contribution >= 4 is 17.5 Å². The summed E-state index contributed by atoms with van der Waals surface area (Å²) < 4.78 is 0. The van der Waals surface area contributed by atoms with Gasteiger partial charge < -0.3 is 9.80 Å². The molecule has 1 fully saturated rings. The molecule has 3 rings (SSSR count). The van der Waals surface area contributed by atoms with Crippen molar-refractivity contribution in [3.05, 3.63) is 65.7 Å². The Kier molecular flexibility index (Phi) is 5.17. The second-order valence-electron chi connectivity index (χ2n) is 6.56. The summed E-state index contributed by atoms with van der Waals surface area (Å²) in [5.74, 6) is 0.0211. The van der Waals surface area contributed by atoms with Gasteiger partial charge >= 0.3 is 0 Å². The fourth-order valence-electron chi connectivity index (χ4n) is 3.30. The number of benzene rings is 2. The molecule has 0 spiro atoms. The largest absolute Gasteiger partial charge is 0.328 e. The Morgan fingerprint density at radius 2 is 1.76 bits per heavy atom. The molecule has 25 heavy (non-hydrogen) atoms. The lowest BCUT2D eigenvalue weighted by atomic mass is 10.0. The van der Waals surface area contributed by atoms with Crippen LogP contribution in [-0.4, -0.2) is 35.8 Å². The summed E-state index contributed by atoms with van der Waals surface area (Å²) >= 11 is 0. The van der Waals surface area contributed by atoms with E-state index in [4.69, 9.17) is 0 Å². The SMILES string of the molecule is CCC(=O)N1CC(=O)N(c2ccc(C)cc2)C[C@@H]1Cc1ccccc1. The molecule has 0 aliphatic carbocycles. The molecule has 1 aliphatic rings. The van der Waals surface area contributed by atoms with E-state index in [-0.39, 0.29) is 24.4 Å². The summed E-state index contributed by atoms with van der Waals surface area (Å²) in [5.41, 5.74) is 3.24. The van der Waals surface area contributed by atoms with E-state index in [1.165, 1.54) is 5.56 Å². The van der Waals surface area contributed by atoms with E-state index >= 15 is 0 Å². The Morgan fingerprint density at radius 3 is 2.40 bits per heavy atom. The van der Waals surface area contributed by atoms with Crippen molar-refractivity contribution in [1.29, 1.82) is 0 Å². The number of rotatable bonds is 4. The molecule has 1 saturated heterocycles. The van der Waals surface area contributed by atoms with E-state index < -0.39 is 0 Å². The Labute approximate surface area is 149 Å². The number of carbonyl (C=O) groups is 2. The fourth-order valence-corrected chi connectivity index (χ4v) is 3.30. The zero-order valence-electron chi connectivity index (χ0n) is 14.8. The summed E-state index contributed by atoms with van der Waals surface area (Å²) in [6, 6.07) is 18.1. The van der Waals surface area contributed by atoms with Gasteiger partial charge in [0.1, 0.15) is 6.54 Å². The lowest BCUT2D eigenvalue weighted by Gasteiger charge is -2.41. The minimum absolute atomic E-state index is 0.00569. The smallest absolute Gasteiger partial charge is 0.246 e. The second-order valence-corrected chi connectivity index (χ2v) is 6.56. The van der Waals surface area contributed by atoms with Crippen LogP contribution in [0, 0.1) is 6.92 Å². The van der Waals surface area contributed by atoms with Crippen LogP contribution < -0.4 is 4.90 Å². The maximum absolute atomic E-state index is 12.6. The van der Waals surface area contributed by atoms with Crippen LogP contribution >= 0.6 is 0 Å². The topological polar surface area (TPSA) is 40.6 Å². The van der Waals surface area contributed by atoms with E-state index in [0.717, 1.165) is 17.7 Å². The van der Waals surface area contributed by atoms with E-state index in [1.807, 2.05) is 61.2 Å². The van der Waals surface area contributed by atoms with Gasteiger partial charge in [0.2, 0.25) is 11.8 Å². The van der Waals surface area contributed by atoms with Gasteiger partial charge in [-0.1, -0.05) is 55.0 Å². The van der Waals surface area contributed by atoms with Crippen LogP contribution in [0.2, 0.25) is 0 Å². The molecule has 2 aromatic carbocycles. The van der Waals surface area contributed by atoms with Gasteiger partial charge in [0, 0.05) is 18.7 Å². The minimum atomic E-state index is -0.0186.